The first kappa shape index (κ1) is 19.0. The molecule has 7 heteroatoms. The molecule has 2 aromatic carbocycles. The number of anilines is 1. The third-order valence-corrected chi connectivity index (χ3v) is 6.58. The highest BCUT2D eigenvalue weighted by Crippen LogP contribution is 2.48. The number of carbonyl (C=O) groups excluding carboxylic acids is 1. The lowest BCUT2D eigenvalue weighted by molar-refractivity contribution is -0.117. The fourth-order valence-corrected chi connectivity index (χ4v) is 4.73. The van der Waals surface area contributed by atoms with Crippen molar-refractivity contribution in [2.45, 2.75) is 23.1 Å². The Labute approximate surface area is 172 Å². The maximum absolute atomic E-state index is 12.4. The molecule has 0 saturated heterocycles. The molecule has 144 valence electrons. The number of amides is 1. The molecule has 4 rings (SSSR count). The highest BCUT2D eigenvalue weighted by molar-refractivity contribution is 8.01. The SMILES string of the molecule is O=C(Nc1nnc(SCCCOc2ccccc2)s1)[C@H]1C[C@H]1c1ccccc1. The quantitative estimate of drug-likeness (QED) is 0.310. The van der Waals surface area contributed by atoms with Gasteiger partial charge in [-0.1, -0.05) is 71.6 Å². The smallest absolute Gasteiger partial charge is 0.229 e. The first-order chi connectivity index (χ1) is 13.8. The zero-order valence-corrected chi connectivity index (χ0v) is 16.9. The molecule has 1 N–H and O–H groups in total. The van der Waals surface area contributed by atoms with Gasteiger partial charge in [-0.3, -0.25) is 4.79 Å². The van der Waals surface area contributed by atoms with Gasteiger partial charge >= 0.3 is 0 Å². The van der Waals surface area contributed by atoms with Crippen LogP contribution in [0.1, 0.15) is 24.3 Å². The number of thioether (sulfide) groups is 1. The van der Waals surface area contributed by atoms with Crippen molar-refractivity contribution in [3.05, 3.63) is 66.2 Å². The number of aromatic nitrogens is 2. The van der Waals surface area contributed by atoms with Crippen LogP contribution in [0.15, 0.2) is 65.0 Å². The predicted octanol–water partition coefficient (Wildman–Crippen LogP) is 4.84. The van der Waals surface area contributed by atoms with Crippen LogP contribution in [0.25, 0.3) is 0 Å². The molecule has 1 saturated carbocycles. The van der Waals surface area contributed by atoms with E-state index in [0.29, 0.717) is 17.7 Å². The fourth-order valence-electron chi connectivity index (χ4n) is 3.00. The number of benzene rings is 2. The van der Waals surface area contributed by atoms with Gasteiger partial charge in [0.2, 0.25) is 11.0 Å². The van der Waals surface area contributed by atoms with E-state index >= 15 is 0 Å². The highest BCUT2D eigenvalue weighted by atomic mass is 32.2. The molecule has 5 nitrogen and oxygen atoms in total. The summed E-state index contributed by atoms with van der Waals surface area (Å²) in [5.74, 6) is 2.19. The third-order valence-electron chi connectivity index (χ3n) is 4.52. The number of rotatable bonds is 9. The molecule has 0 aliphatic heterocycles. The molecule has 0 unspecified atom stereocenters. The molecule has 1 aliphatic carbocycles. The lowest BCUT2D eigenvalue weighted by Crippen LogP contribution is -2.14. The molecule has 28 heavy (non-hydrogen) atoms. The van der Waals surface area contributed by atoms with E-state index in [9.17, 15) is 4.79 Å². The van der Waals surface area contributed by atoms with Crippen molar-refractivity contribution in [2.75, 3.05) is 17.7 Å². The van der Waals surface area contributed by atoms with Gasteiger partial charge in [0.15, 0.2) is 4.34 Å². The van der Waals surface area contributed by atoms with Crippen molar-refractivity contribution >= 4 is 34.1 Å². The average Bonchev–Trinajstić information content (AvgIpc) is 3.43. The van der Waals surface area contributed by atoms with Crippen LogP contribution >= 0.6 is 23.1 Å². The summed E-state index contributed by atoms with van der Waals surface area (Å²) >= 11 is 3.06. The van der Waals surface area contributed by atoms with Gasteiger partial charge in [0, 0.05) is 11.7 Å². The van der Waals surface area contributed by atoms with Crippen molar-refractivity contribution in [2.24, 2.45) is 5.92 Å². The topological polar surface area (TPSA) is 64.1 Å². The molecule has 3 aromatic rings. The number of para-hydroxylation sites is 1. The van der Waals surface area contributed by atoms with Gasteiger partial charge in [-0.25, -0.2) is 0 Å². The van der Waals surface area contributed by atoms with E-state index in [1.165, 1.54) is 16.9 Å². The Kier molecular flexibility index (Phi) is 6.24. The zero-order chi connectivity index (χ0) is 19.2. The second-order valence-corrected chi connectivity index (χ2v) is 8.90. The molecular formula is C21H21N3O2S2. The molecular weight excluding hydrogens is 390 g/mol. The van der Waals surface area contributed by atoms with E-state index < -0.39 is 0 Å². The first-order valence-corrected chi connectivity index (χ1v) is 11.1. The molecule has 1 heterocycles. The van der Waals surface area contributed by atoms with Crippen LogP contribution in [-0.2, 0) is 4.79 Å². The van der Waals surface area contributed by atoms with Crippen molar-refractivity contribution in [1.82, 2.24) is 10.2 Å². The largest absolute Gasteiger partial charge is 0.494 e. The van der Waals surface area contributed by atoms with E-state index in [4.69, 9.17) is 4.74 Å². The Morgan fingerprint density at radius 1 is 1.11 bits per heavy atom. The van der Waals surface area contributed by atoms with Gasteiger partial charge < -0.3 is 10.1 Å². The van der Waals surface area contributed by atoms with Crippen molar-refractivity contribution < 1.29 is 9.53 Å². The zero-order valence-electron chi connectivity index (χ0n) is 15.3. The van der Waals surface area contributed by atoms with E-state index in [1.807, 2.05) is 48.5 Å². The van der Waals surface area contributed by atoms with E-state index in [2.05, 4.69) is 27.6 Å². The van der Waals surface area contributed by atoms with Crippen LogP contribution in [0, 0.1) is 5.92 Å². The third kappa shape index (κ3) is 5.11. The summed E-state index contributed by atoms with van der Waals surface area (Å²) in [6, 6.07) is 20.0. The Bertz CT molecular complexity index is 902. The number of ether oxygens (including phenoxy) is 1. The van der Waals surface area contributed by atoms with Crippen LogP contribution in [0.5, 0.6) is 5.75 Å². The van der Waals surface area contributed by atoms with Gasteiger partial charge in [-0.15, -0.1) is 10.2 Å². The number of hydrogen-bond acceptors (Lipinski definition) is 6. The molecule has 0 radical (unpaired) electrons. The monoisotopic (exact) mass is 411 g/mol. The lowest BCUT2D eigenvalue weighted by Gasteiger charge is -2.04. The van der Waals surface area contributed by atoms with E-state index in [-0.39, 0.29) is 11.8 Å². The summed E-state index contributed by atoms with van der Waals surface area (Å²) in [6.07, 6.45) is 1.82. The van der Waals surface area contributed by atoms with Gasteiger partial charge in [0.25, 0.3) is 0 Å². The summed E-state index contributed by atoms with van der Waals surface area (Å²) in [4.78, 5) is 12.4. The minimum absolute atomic E-state index is 0.0394. The van der Waals surface area contributed by atoms with Crippen LogP contribution in [0.3, 0.4) is 0 Å². The normalized spacial score (nSPS) is 17.9. The number of nitrogens with zero attached hydrogens (tertiary/aromatic N) is 2. The van der Waals surface area contributed by atoms with Gasteiger partial charge in [-0.2, -0.15) is 0 Å². The molecule has 0 spiro atoms. The number of hydrogen-bond donors (Lipinski definition) is 1. The minimum atomic E-state index is 0.0394. The van der Waals surface area contributed by atoms with Crippen LogP contribution in [0.4, 0.5) is 5.13 Å². The van der Waals surface area contributed by atoms with Crippen LogP contribution < -0.4 is 10.1 Å². The highest BCUT2D eigenvalue weighted by Gasteiger charge is 2.44. The second-order valence-electron chi connectivity index (χ2n) is 6.59. The van der Waals surface area contributed by atoms with Gasteiger partial charge in [0.05, 0.1) is 6.61 Å². The number of nitrogens with one attached hydrogen (secondary N) is 1. The molecule has 1 amide bonds. The van der Waals surface area contributed by atoms with Crippen LogP contribution in [0.2, 0.25) is 0 Å². The summed E-state index contributed by atoms with van der Waals surface area (Å²) in [6.45, 7) is 0.669. The Morgan fingerprint density at radius 3 is 2.64 bits per heavy atom. The molecule has 1 fully saturated rings. The van der Waals surface area contributed by atoms with Crippen molar-refractivity contribution in [1.29, 1.82) is 0 Å². The average molecular weight is 412 g/mol. The Hall–Kier alpha value is -2.38. The Morgan fingerprint density at radius 2 is 1.86 bits per heavy atom. The first-order valence-electron chi connectivity index (χ1n) is 9.29. The number of carbonyl (C=O) groups is 1. The molecule has 2 atom stereocenters. The van der Waals surface area contributed by atoms with Crippen molar-refractivity contribution in [3.8, 4) is 5.75 Å². The molecule has 0 bridgehead atoms. The minimum Gasteiger partial charge on any atom is -0.494 e. The second kappa shape index (κ2) is 9.21. The van der Waals surface area contributed by atoms with Crippen molar-refractivity contribution in [3.63, 3.8) is 0 Å². The standard InChI is InChI=1S/C21H21N3O2S2/c25-19(18-14-17(18)15-8-3-1-4-9-15)22-20-23-24-21(28-20)27-13-7-12-26-16-10-5-2-6-11-16/h1-6,8-11,17-18H,7,12-14H2,(H,22,23,25)/t17-,18-/m0/s1. The van der Waals surface area contributed by atoms with E-state index in [1.54, 1.807) is 11.8 Å². The fraction of sp³-hybridized carbons (Fsp3) is 0.286. The van der Waals surface area contributed by atoms with Gasteiger partial charge in [0.1, 0.15) is 5.75 Å². The summed E-state index contributed by atoms with van der Waals surface area (Å²) in [5, 5.41) is 11.7. The predicted molar refractivity (Wildman–Crippen MR) is 113 cm³/mol. The summed E-state index contributed by atoms with van der Waals surface area (Å²) < 4.78 is 6.54. The lowest BCUT2D eigenvalue weighted by atomic mass is 10.1. The summed E-state index contributed by atoms with van der Waals surface area (Å²) in [7, 11) is 0. The maximum Gasteiger partial charge on any atom is 0.229 e. The summed E-state index contributed by atoms with van der Waals surface area (Å²) in [5.41, 5.74) is 1.23. The van der Waals surface area contributed by atoms with Crippen LogP contribution in [-0.4, -0.2) is 28.5 Å². The Balaban J connectivity index is 1.17. The van der Waals surface area contributed by atoms with Gasteiger partial charge in [-0.05, 0) is 36.5 Å². The molecule has 1 aromatic heterocycles. The maximum atomic E-state index is 12.4. The molecule has 1 aliphatic rings. The van der Waals surface area contributed by atoms with E-state index in [0.717, 1.165) is 28.7 Å².